The number of nitrogens with one attached hydrogen (secondary N) is 1. The molecule has 1 rings (SSSR count). The van der Waals surface area contributed by atoms with Gasteiger partial charge in [-0.25, -0.2) is 8.42 Å². The Morgan fingerprint density at radius 2 is 1.62 bits per heavy atom. The van der Waals surface area contributed by atoms with Crippen molar-refractivity contribution < 1.29 is 13.2 Å². The average Bonchev–Trinajstić information content (AvgIpc) is 2.56. The molecule has 0 atom stereocenters. The van der Waals surface area contributed by atoms with Crippen molar-refractivity contribution in [2.24, 2.45) is 0 Å². The molecule has 0 aliphatic rings. The van der Waals surface area contributed by atoms with Crippen molar-refractivity contribution in [2.75, 3.05) is 10.5 Å². The zero-order valence-electron chi connectivity index (χ0n) is 19.2. The number of unbranched alkanes of at least 4 members (excludes halogenated alkanes) is 3. The SMILES string of the molecule is CCCCCCC(C)(C)OC(=S)CS(=O)(=O)Nc1c(C(C)C)cccc1C(C)C. The second-order valence-electron chi connectivity index (χ2n) is 9.03. The van der Waals surface area contributed by atoms with Crippen molar-refractivity contribution in [1.82, 2.24) is 0 Å². The Morgan fingerprint density at radius 1 is 1.07 bits per heavy atom. The second-order valence-corrected chi connectivity index (χ2v) is 11.2. The molecule has 1 aromatic rings. The van der Waals surface area contributed by atoms with E-state index in [2.05, 4.69) is 39.3 Å². The number of para-hydroxylation sites is 1. The number of hydrogen-bond donors (Lipinski definition) is 1. The van der Waals surface area contributed by atoms with Gasteiger partial charge in [0, 0.05) is 0 Å². The fourth-order valence-corrected chi connectivity index (χ4v) is 5.06. The van der Waals surface area contributed by atoms with E-state index in [1.165, 1.54) is 12.8 Å². The number of thiocarbonyl (C=S) groups is 1. The molecule has 166 valence electrons. The lowest BCUT2D eigenvalue weighted by atomic mass is 9.93. The largest absolute Gasteiger partial charge is 0.480 e. The summed E-state index contributed by atoms with van der Waals surface area (Å²) < 4.78 is 34.4. The summed E-state index contributed by atoms with van der Waals surface area (Å²) in [6.45, 7) is 14.4. The van der Waals surface area contributed by atoms with Crippen LogP contribution in [-0.4, -0.2) is 24.8 Å². The van der Waals surface area contributed by atoms with Gasteiger partial charge in [-0.1, -0.05) is 72.1 Å². The van der Waals surface area contributed by atoms with Crippen LogP contribution >= 0.6 is 12.2 Å². The first-order chi connectivity index (χ1) is 13.4. The molecule has 0 spiro atoms. The number of hydrogen-bond acceptors (Lipinski definition) is 4. The van der Waals surface area contributed by atoms with Crippen LogP contribution in [0.25, 0.3) is 0 Å². The van der Waals surface area contributed by atoms with E-state index in [-0.39, 0.29) is 22.6 Å². The van der Waals surface area contributed by atoms with E-state index in [0.29, 0.717) is 5.69 Å². The molecule has 0 unspecified atom stereocenters. The first-order valence-electron chi connectivity index (χ1n) is 10.7. The minimum Gasteiger partial charge on any atom is -0.480 e. The normalized spacial score (nSPS) is 12.4. The standard InChI is InChI=1S/C23H39NO3S2/c1-8-9-10-11-15-23(6,7)27-21(28)16-29(25,26)24-22-19(17(2)3)13-12-14-20(22)18(4)5/h12-14,17-18,24H,8-11,15-16H2,1-7H3. The van der Waals surface area contributed by atoms with Crippen molar-refractivity contribution in [2.45, 2.75) is 98.0 Å². The molecular formula is C23H39NO3S2. The topological polar surface area (TPSA) is 55.4 Å². The maximum atomic E-state index is 12.9. The van der Waals surface area contributed by atoms with E-state index >= 15 is 0 Å². The number of rotatable bonds is 12. The fraction of sp³-hybridized carbons (Fsp3) is 0.696. The Kier molecular flexibility index (Phi) is 10.1. The highest BCUT2D eigenvalue weighted by Crippen LogP contribution is 2.33. The predicted molar refractivity (Wildman–Crippen MR) is 129 cm³/mol. The molecule has 0 radical (unpaired) electrons. The highest BCUT2D eigenvalue weighted by atomic mass is 32.2. The maximum absolute atomic E-state index is 12.9. The van der Waals surface area contributed by atoms with Gasteiger partial charge in [0.1, 0.15) is 11.4 Å². The van der Waals surface area contributed by atoms with Gasteiger partial charge in [-0.05, 0) is 61.9 Å². The van der Waals surface area contributed by atoms with Crippen molar-refractivity contribution in [3.63, 3.8) is 0 Å². The lowest BCUT2D eigenvalue weighted by Crippen LogP contribution is -2.32. The monoisotopic (exact) mass is 441 g/mol. The molecule has 0 aliphatic carbocycles. The molecule has 4 nitrogen and oxygen atoms in total. The van der Waals surface area contributed by atoms with E-state index < -0.39 is 15.6 Å². The Labute approximate surface area is 183 Å². The van der Waals surface area contributed by atoms with Gasteiger partial charge in [-0.15, -0.1) is 0 Å². The molecule has 0 aromatic heterocycles. The van der Waals surface area contributed by atoms with Gasteiger partial charge >= 0.3 is 0 Å². The summed E-state index contributed by atoms with van der Waals surface area (Å²) in [5.74, 6) is 0.0957. The maximum Gasteiger partial charge on any atom is 0.240 e. The van der Waals surface area contributed by atoms with Crippen LogP contribution in [0.1, 0.15) is 104 Å². The van der Waals surface area contributed by atoms with Crippen LogP contribution in [-0.2, 0) is 14.8 Å². The van der Waals surface area contributed by atoms with Crippen LogP contribution in [0.3, 0.4) is 0 Å². The zero-order valence-corrected chi connectivity index (χ0v) is 20.8. The average molecular weight is 442 g/mol. The summed E-state index contributed by atoms with van der Waals surface area (Å²) in [4.78, 5) is 0. The molecule has 0 bridgehead atoms. The molecule has 29 heavy (non-hydrogen) atoms. The van der Waals surface area contributed by atoms with Gasteiger partial charge in [-0.3, -0.25) is 4.72 Å². The molecule has 1 aromatic carbocycles. The van der Waals surface area contributed by atoms with Crippen LogP contribution in [0, 0.1) is 0 Å². The lowest BCUT2D eigenvalue weighted by Gasteiger charge is -2.27. The van der Waals surface area contributed by atoms with Crippen molar-refractivity contribution in [3.05, 3.63) is 29.3 Å². The lowest BCUT2D eigenvalue weighted by molar-refractivity contribution is 0.0864. The van der Waals surface area contributed by atoms with Crippen LogP contribution in [0.2, 0.25) is 0 Å². The molecular weight excluding hydrogens is 402 g/mol. The van der Waals surface area contributed by atoms with Gasteiger partial charge in [0.05, 0.1) is 5.69 Å². The zero-order chi connectivity index (χ0) is 22.2. The van der Waals surface area contributed by atoms with Gasteiger partial charge in [-0.2, -0.15) is 0 Å². The third-order valence-electron chi connectivity index (χ3n) is 4.96. The summed E-state index contributed by atoms with van der Waals surface area (Å²) in [6.07, 6.45) is 5.44. The van der Waals surface area contributed by atoms with Gasteiger partial charge in [0.2, 0.25) is 10.0 Å². The highest BCUT2D eigenvalue weighted by molar-refractivity contribution is 7.95. The quantitative estimate of drug-likeness (QED) is 0.287. The molecule has 0 heterocycles. The number of ether oxygens (including phenoxy) is 1. The molecule has 0 fully saturated rings. The Hall–Kier alpha value is -1.14. The van der Waals surface area contributed by atoms with Crippen LogP contribution in [0.15, 0.2) is 18.2 Å². The highest BCUT2D eigenvalue weighted by Gasteiger charge is 2.25. The number of benzene rings is 1. The van der Waals surface area contributed by atoms with Crippen LogP contribution in [0.5, 0.6) is 0 Å². The van der Waals surface area contributed by atoms with Gasteiger partial charge < -0.3 is 4.74 Å². The van der Waals surface area contributed by atoms with Crippen LogP contribution in [0.4, 0.5) is 5.69 Å². The van der Waals surface area contributed by atoms with E-state index in [9.17, 15) is 8.42 Å². The molecule has 0 aliphatic heterocycles. The molecule has 1 N–H and O–H groups in total. The Balaban J connectivity index is 2.88. The van der Waals surface area contributed by atoms with E-state index in [1.807, 2.05) is 32.0 Å². The molecule has 0 saturated heterocycles. The van der Waals surface area contributed by atoms with Crippen molar-refractivity contribution in [3.8, 4) is 0 Å². The molecule has 0 amide bonds. The summed E-state index contributed by atoms with van der Waals surface area (Å²) in [5.41, 5.74) is 2.20. The smallest absolute Gasteiger partial charge is 0.240 e. The first-order valence-corrected chi connectivity index (χ1v) is 12.8. The van der Waals surface area contributed by atoms with Crippen molar-refractivity contribution in [1.29, 1.82) is 0 Å². The second kappa shape index (κ2) is 11.3. The number of anilines is 1. The fourth-order valence-electron chi connectivity index (χ4n) is 3.38. The molecule has 0 saturated carbocycles. The third-order valence-corrected chi connectivity index (χ3v) is 6.53. The minimum atomic E-state index is -3.66. The van der Waals surface area contributed by atoms with Crippen molar-refractivity contribution >= 4 is 33.0 Å². The Bertz CT molecular complexity index is 742. The van der Waals surface area contributed by atoms with E-state index in [0.717, 1.165) is 30.4 Å². The van der Waals surface area contributed by atoms with Gasteiger partial charge in [0.25, 0.3) is 0 Å². The summed E-state index contributed by atoms with van der Waals surface area (Å²) >= 11 is 5.30. The summed E-state index contributed by atoms with van der Waals surface area (Å²) in [7, 11) is -3.66. The summed E-state index contributed by atoms with van der Waals surface area (Å²) in [6, 6.07) is 5.93. The first kappa shape index (κ1) is 25.9. The Morgan fingerprint density at radius 3 is 2.10 bits per heavy atom. The minimum absolute atomic E-state index is 0.117. The van der Waals surface area contributed by atoms with E-state index in [1.54, 1.807) is 0 Å². The van der Waals surface area contributed by atoms with E-state index in [4.69, 9.17) is 17.0 Å². The third kappa shape index (κ3) is 9.04. The van der Waals surface area contributed by atoms with Crippen LogP contribution < -0.4 is 4.72 Å². The molecule has 6 heteroatoms. The predicted octanol–water partition coefficient (Wildman–Crippen LogP) is 6.77. The van der Waals surface area contributed by atoms with Gasteiger partial charge in [0.15, 0.2) is 5.05 Å². The summed E-state index contributed by atoms with van der Waals surface area (Å²) in [5, 5.41) is 0.117. The number of sulfonamides is 1.